The second kappa shape index (κ2) is 19.2. The number of hydrogen-bond acceptors (Lipinski definition) is 6. The van der Waals surface area contributed by atoms with Gasteiger partial charge >= 0.3 is 5.97 Å². The van der Waals surface area contributed by atoms with Crippen molar-refractivity contribution in [2.45, 2.75) is 121 Å². The molecule has 0 aromatic heterocycles. The number of ether oxygens (including phenoxy) is 1. The summed E-state index contributed by atoms with van der Waals surface area (Å²) in [5.74, 6) is -0.655. The first-order valence-corrected chi connectivity index (χ1v) is 11.4. The van der Waals surface area contributed by atoms with Gasteiger partial charge in [0, 0.05) is 6.42 Å². The third kappa shape index (κ3) is 15.7. The Morgan fingerprint density at radius 2 is 1.34 bits per heavy atom. The molecule has 0 aromatic rings. The third-order valence-electron chi connectivity index (χ3n) is 5.25. The SMILES string of the molecule is CCCCCCCCCCCCCCCC(=O)O.OC[C@@H](O)[C@H]1OC[C@H](O)[C@H]1O. The van der Waals surface area contributed by atoms with Crippen LogP contribution in [0.5, 0.6) is 0 Å². The Morgan fingerprint density at radius 1 is 0.897 bits per heavy atom. The van der Waals surface area contributed by atoms with Gasteiger partial charge in [0.05, 0.1) is 13.2 Å². The molecule has 174 valence electrons. The topological polar surface area (TPSA) is 127 Å². The fourth-order valence-corrected chi connectivity index (χ4v) is 3.36. The summed E-state index contributed by atoms with van der Waals surface area (Å²) in [6, 6.07) is 0. The minimum atomic E-state index is -1.12. The van der Waals surface area contributed by atoms with E-state index >= 15 is 0 Å². The Kier molecular flexibility index (Phi) is 18.8. The van der Waals surface area contributed by atoms with Crippen LogP contribution in [-0.4, -0.2) is 69.1 Å². The van der Waals surface area contributed by atoms with Gasteiger partial charge in [-0.1, -0.05) is 84.0 Å². The van der Waals surface area contributed by atoms with E-state index in [-0.39, 0.29) is 6.61 Å². The lowest BCUT2D eigenvalue weighted by molar-refractivity contribution is -0.137. The van der Waals surface area contributed by atoms with E-state index in [4.69, 9.17) is 30.3 Å². The zero-order chi connectivity index (χ0) is 21.9. The number of aliphatic hydroxyl groups excluding tert-OH is 4. The lowest BCUT2D eigenvalue weighted by atomic mass is 10.0. The molecule has 0 radical (unpaired) electrons. The zero-order valence-corrected chi connectivity index (χ0v) is 18.2. The molecule has 1 saturated heterocycles. The van der Waals surface area contributed by atoms with Crippen LogP contribution in [0.25, 0.3) is 0 Å². The number of carboxylic acid groups (broad SMARTS) is 1. The highest BCUT2D eigenvalue weighted by Crippen LogP contribution is 2.17. The lowest BCUT2D eigenvalue weighted by Gasteiger charge is -2.18. The highest BCUT2D eigenvalue weighted by Gasteiger charge is 2.38. The molecule has 7 nitrogen and oxygen atoms in total. The van der Waals surface area contributed by atoms with Crippen LogP contribution in [0, 0.1) is 0 Å². The van der Waals surface area contributed by atoms with Gasteiger partial charge in [0.15, 0.2) is 0 Å². The van der Waals surface area contributed by atoms with Crippen LogP contribution < -0.4 is 0 Å². The van der Waals surface area contributed by atoms with E-state index in [1.807, 2.05) is 0 Å². The van der Waals surface area contributed by atoms with Gasteiger partial charge in [-0.05, 0) is 6.42 Å². The predicted molar refractivity (Wildman–Crippen MR) is 113 cm³/mol. The van der Waals surface area contributed by atoms with Crippen molar-refractivity contribution >= 4 is 5.97 Å². The van der Waals surface area contributed by atoms with E-state index in [2.05, 4.69) is 6.92 Å². The van der Waals surface area contributed by atoms with Crippen molar-refractivity contribution < 1.29 is 35.1 Å². The second-order valence-electron chi connectivity index (χ2n) is 7.99. The molecule has 1 aliphatic heterocycles. The van der Waals surface area contributed by atoms with Gasteiger partial charge in [0.1, 0.15) is 24.4 Å². The quantitative estimate of drug-likeness (QED) is 0.243. The Labute approximate surface area is 176 Å². The fourth-order valence-electron chi connectivity index (χ4n) is 3.36. The van der Waals surface area contributed by atoms with Crippen molar-refractivity contribution in [3.8, 4) is 0 Å². The van der Waals surface area contributed by atoms with Crippen LogP contribution in [0.4, 0.5) is 0 Å². The van der Waals surface area contributed by atoms with Crippen LogP contribution >= 0.6 is 0 Å². The van der Waals surface area contributed by atoms with Gasteiger partial charge in [0.25, 0.3) is 0 Å². The van der Waals surface area contributed by atoms with E-state index in [0.717, 1.165) is 12.8 Å². The second-order valence-corrected chi connectivity index (χ2v) is 7.99. The largest absolute Gasteiger partial charge is 0.481 e. The van der Waals surface area contributed by atoms with Crippen molar-refractivity contribution in [1.82, 2.24) is 0 Å². The Hall–Kier alpha value is -0.730. The average Bonchev–Trinajstić information content (AvgIpc) is 3.04. The first-order valence-electron chi connectivity index (χ1n) is 11.4. The van der Waals surface area contributed by atoms with Crippen LogP contribution in [-0.2, 0) is 9.53 Å². The molecule has 0 saturated carbocycles. The summed E-state index contributed by atoms with van der Waals surface area (Å²) in [7, 11) is 0. The summed E-state index contributed by atoms with van der Waals surface area (Å²) in [5, 5.41) is 44.0. The highest BCUT2D eigenvalue weighted by molar-refractivity contribution is 5.66. The molecule has 29 heavy (non-hydrogen) atoms. The molecule has 5 N–H and O–H groups in total. The van der Waals surface area contributed by atoms with Crippen molar-refractivity contribution in [3.05, 3.63) is 0 Å². The number of aliphatic carboxylic acids is 1. The molecule has 0 spiro atoms. The molecule has 1 aliphatic rings. The van der Waals surface area contributed by atoms with Crippen LogP contribution in [0.1, 0.15) is 96.8 Å². The molecule has 1 heterocycles. The summed E-state index contributed by atoms with van der Waals surface area (Å²) in [6.45, 7) is 1.79. The van der Waals surface area contributed by atoms with Gasteiger partial charge < -0.3 is 30.3 Å². The monoisotopic (exact) mass is 420 g/mol. The molecule has 7 heteroatoms. The summed E-state index contributed by atoms with van der Waals surface area (Å²) < 4.78 is 4.82. The first-order chi connectivity index (χ1) is 13.9. The molecule has 0 aliphatic carbocycles. The molecular formula is C22H44O7. The van der Waals surface area contributed by atoms with Crippen LogP contribution in [0.15, 0.2) is 0 Å². The smallest absolute Gasteiger partial charge is 0.303 e. The maximum atomic E-state index is 10.3. The first kappa shape index (κ1) is 28.3. The van der Waals surface area contributed by atoms with Crippen LogP contribution in [0.2, 0.25) is 0 Å². The van der Waals surface area contributed by atoms with Gasteiger partial charge in [0.2, 0.25) is 0 Å². The lowest BCUT2D eigenvalue weighted by Crippen LogP contribution is -2.40. The summed E-state index contributed by atoms with van der Waals surface area (Å²) >= 11 is 0. The van der Waals surface area contributed by atoms with Crippen LogP contribution in [0.3, 0.4) is 0 Å². The number of hydrogen-bond donors (Lipinski definition) is 5. The molecule has 1 rings (SSSR count). The minimum Gasteiger partial charge on any atom is -0.481 e. The van der Waals surface area contributed by atoms with E-state index in [1.54, 1.807) is 0 Å². The predicted octanol–water partition coefficient (Wildman–Crippen LogP) is 3.01. The van der Waals surface area contributed by atoms with E-state index < -0.39 is 37.0 Å². The van der Waals surface area contributed by atoms with Gasteiger partial charge in [-0.3, -0.25) is 4.79 Å². The Morgan fingerprint density at radius 3 is 1.69 bits per heavy atom. The number of carboxylic acids is 1. The molecule has 0 aromatic carbocycles. The average molecular weight is 421 g/mol. The number of unbranched alkanes of at least 4 members (excludes halogenated alkanes) is 12. The van der Waals surface area contributed by atoms with E-state index in [1.165, 1.54) is 70.6 Å². The summed E-state index contributed by atoms with van der Waals surface area (Å²) in [5.41, 5.74) is 0. The molecule has 4 atom stereocenters. The van der Waals surface area contributed by atoms with Crippen molar-refractivity contribution in [3.63, 3.8) is 0 Å². The van der Waals surface area contributed by atoms with Gasteiger partial charge in [-0.15, -0.1) is 0 Å². The standard InChI is InChI=1S/C16H32O2.C6H12O5/c1-2-3-4-5-6-7-8-9-10-11-12-13-14-15-16(17)18;7-1-3(8)6-5(10)4(9)2-11-6/h2-15H2,1H3,(H,17,18);3-10H,1-2H2/t;3-,4+,5-,6-/m.1/s1. The molecule has 0 amide bonds. The maximum absolute atomic E-state index is 10.3. The summed E-state index contributed by atoms with van der Waals surface area (Å²) in [4.78, 5) is 10.3. The zero-order valence-electron chi connectivity index (χ0n) is 18.2. The van der Waals surface area contributed by atoms with E-state index in [9.17, 15) is 4.79 Å². The third-order valence-corrected chi connectivity index (χ3v) is 5.25. The minimum absolute atomic E-state index is 0.00287. The molecule has 1 fully saturated rings. The number of carbonyl (C=O) groups is 1. The molecule has 0 bridgehead atoms. The van der Waals surface area contributed by atoms with Gasteiger partial charge in [-0.2, -0.15) is 0 Å². The molecule has 0 unspecified atom stereocenters. The van der Waals surface area contributed by atoms with Gasteiger partial charge in [-0.25, -0.2) is 0 Å². The van der Waals surface area contributed by atoms with Crippen molar-refractivity contribution in [2.24, 2.45) is 0 Å². The Balaban J connectivity index is 0.000000604. The summed E-state index contributed by atoms with van der Waals surface area (Å²) in [6.07, 6.45) is 13.2. The molecular weight excluding hydrogens is 376 g/mol. The highest BCUT2D eigenvalue weighted by atomic mass is 16.5. The fraction of sp³-hybridized carbons (Fsp3) is 0.955. The normalized spacial score (nSPS) is 22.2. The maximum Gasteiger partial charge on any atom is 0.303 e. The van der Waals surface area contributed by atoms with E-state index in [0.29, 0.717) is 6.42 Å². The van der Waals surface area contributed by atoms with Crippen molar-refractivity contribution in [1.29, 1.82) is 0 Å². The number of aliphatic hydroxyl groups is 4. The number of rotatable bonds is 16. The van der Waals surface area contributed by atoms with Crippen molar-refractivity contribution in [2.75, 3.05) is 13.2 Å². The Bertz CT molecular complexity index is 378.